The number of hydrogen-bond acceptors (Lipinski definition) is 3. The second-order valence-electron chi connectivity index (χ2n) is 4.94. The van der Waals surface area contributed by atoms with Crippen molar-refractivity contribution in [2.75, 3.05) is 0 Å². The summed E-state index contributed by atoms with van der Waals surface area (Å²) >= 11 is 0. The summed E-state index contributed by atoms with van der Waals surface area (Å²) < 4.78 is 5.31. The highest BCUT2D eigenvalue weighted by molar-refractivity contribution is 6.71. The van der Waals surface area contributed by atoms with Crippen molar-refractivity contribution >= 4 is 14.3 Å². The van der Waals surface area contributed by atoms with Gasteiger partial charge in [0, 0.05) is 0 Å². The van der Waals surface area contributed by atoms with Gasteiger partial charge >= 0.3 is 5.97 Å². The minimum atomic E-state index is -1.97. The minimum Gasteiger partial charge on any atom is -0.518 e. The fourth-order valence-electron chi connectivity index (χ4n) is 1.26. The van der Waals surface area contributed by atoms with Crippen LogP contribution in [0.3, 0.4) is 0 Å². The first-order valence-electron chi connectivity index (χ1n) is 5.25. The number of carbonyl (C=O) groups is 1. The topological polar surface area (TPSA) is 46.5 Å². The lowest BCUT2D eigenvalue weighted by Crippen LogP contribution is -2.40. The van der Waals surface area contributed by atoms with E-state index in [4.69, 9.17) is 4.43 Å². The maximum Gasteiger partial charge on any atom is 0.329 e. The third-order valence-corrected chi connectivity index (χ3v) is 2.93. The van der Waals surface area contributed by atoms with Crippen molar-refractivity contribution in [1.29, 1.82) is 0 Å². The van der Waals surface area contributed by atoms with Crippen molar-refractivity contribution in [1.82, 2.24) is 0 Å². The quantitative estimate of drug-likeness (QED) is 0.822. The van der Waals surface area contributed by atoms with Crippen LogP contribution in [0, 0.1) is 0 Å². The molecule has 16 heavy (non-hydrogen) atoms. The lowest BCUT2D eigenvalue weighted by Gasteiger charge is -2.26. The zero-order valence-corrected chi connectivity index (χ0v) is 11.2. The van der Waals surface area contributed by atoms with Gasteiger partial charge in [-0.05, 0) is 32.1 Å². The molecule has 0 saturated carbocycles. The Balaban J connectivity index is 2.90. The van der Waals surface area contributed by atoms with E-state index in [9.17, 15) is 9.90 Å². The lowest BCUT2D eigenvalue weighted by atomic mass is 9.97. The number of carbonyl (C=O) groups excluding carboxylic acids is 1. The van der Waals surface area contributed by atoms with E-state index in [0.29, 0.717) is 5.56 Å². The molecule has 1 aromatic carbocycles. The maximum atomic E-state index is 11.8. The molecule has 4 heteroatoms. The average Bonchev–Trinajstić information content (AvgIpc) is 2.16. The zero-order valence-electron chi connectivity index (χ0n) is 10.2. The monoisotopic (exact) mass is 238 g/mol. The van der Waals surface area contributed by atoms with Crippen LogP contribution in [0.15, 0.2) is 30.3 Å². The first-order chi connectivity index (χ1) is 7.23. The highest BCUT2D eigenvalue weighted by Crippen LogP contribution is 2.23. The van der Waals surface area contributed by atoms with Crippen LogP contribution in [-0.4, -0.2) is 19.4 Å². The van der Waals surface area contributed by atoms with Crippen molar-refractivity contribution in [3.63, 3.8) is 0 Å². The summed E-state index contributed by atoms with van der Waals surface area (Å²) in [4.78, 5) is 11.8. The molecule has 0 spiro atoms. The number of aliphatic hydroxyl groups is 1. The molecule has 0 heterocycles. The van der Waals surface area contributed by atoms with Crippen LogP contribution in [-0.2, 0) is 14.8 Å². The van der Waals surface area contributed by atoms with Gasteiger partial charge in [-0.25, -0.2) is 4.79 Å². The molecular formula is C12H18O3Si. The summed E-state index contributed by atoms with van der Waals surface area (Å²) in [5.74, 6) is -0.571. The molecule has 3 nitrogen and oxygen atoms in total. The molecule has 0 aliphatic heterocycles. The molecule has 0 aliphatic rings. The molecule has 1 aromatic rings. The van der Waals surface area contributed by atoms with Gasteiger partial charge in [0.05, 0.1) is 0 Å². The molecule has 1 rings (SSSR count). The van der Waals surface area contributed by atoms with Crippen LogP contribution < -0.4 is 0 Å². The Morgan fingerprint density at radius 1 is 1.25 bits per heavy atom. The molecule has 0 amide bonds. The molecular weight excluding hydrogens is 220 g/mol. The molecule has 0 radical (unpaired) electrons. The van der Waals surface area contributed by atoms with Gasteiger partial charge in [-0.2, -0.15) is 0 Å². The van der Waals surface area contributed by atoms with Crippen molar-refractivity contribution in [2.45, 2.75) is 32.2 Å². The molecule has 0 saturated heterocycles. The highest BCUT2D eigenvalue weighted by Gasteiger charge is 2.36. The second kappa shape index (κ2) is 4.39. The molecule has 0 fully saturated rings. The Morgan fingerprint density at radius 3 is 2.19 bits per heavy atom. The van der Waals surface area contributed by atoms with Gasteiger partial charge in [-0.3, -0.25) is 0 Å². The molecule has 0 bridgehead atoms. The van der Waals surface area contributed by atoms with E-state index >= 15 is 0 Å². The van der Waals surface area contributed by atoms with Crippen LogP contribution in [0.2, 0.25) is 19.6 Å². The van der Waals surface area contributed by atoms with E-state index < -0.39 is 19.9 Å². The van der Waals surface area contributed by atoms with E-state index in [1.54, 1.807) is 24.3 Å². The summed E-state index contributed by atoms with van der Waals surface area (Å²) in [6, 6.07) is 8.83. The third kappa shape index (κ3) is 3.18. The van der Waals surface area contributed by atoms with E-state index in [2.05, 4.69) is 0 Å². The van der Waals surface area contributed by atoms with Gasteiger partial charge in [0.2, 0.25) is 8.32 Å². The van der Waals surface area contributed by atoms with Crippen LogP contribution in [0.1, 0.15) is 12.5 Å². The van der Waals surface area contributed by atoms with Crippen LogP contribution in [0.5, 0.6) is 0 Å². The maximum absolute atomic E-state index is 11.8. The van der Waals surface area contributed by atoms with E-state index in [0.717, 1.165) is 0 Å². The zero-order chi connectivity index (χ0) is 12.4. The van der Waals surface area contributed by atoms with Gasteiger partial charge in [-0.1, -0.05) is 30.3 Å². The van der Waals surface area contributed by atoms with Gasteiger partial charge in [0.15, 0.2) is 5.60 Å². The van der Waals surface area contributed by atoms with Crippen molar-refractivity contribution in [3.8, 4) is 0 Å². The average molecular weight is 238 g/mol. The normalized spacial score (nSPS) is 15.3. The molecule has 0 aromatic heterocycles. The van der Waals surface area contributed by atoms with E-state index in [-0.39, 0.29) is 0 Å². The summed E-state index contributed by atoms with van der Waals surface area (Å²) in [7, 11) is -1.97. The Labute approximate surface area is 97.2 Å². The lowest BCUT2D eigenvalue weighted by molar-refractivity contribution is -0.155. The van der Waals surface area contributed by atoms with Gasteiger partial charge in [-0.15, -0.1) is 0 Å². The Hall–Kier alpha value is -1.13. The summed E-state index contributed by atoms with van der Waals surface area (Å²) in [5.41, 5.74) is -1.01. The standard InChI is InChI=1S/C12H18O3Si/c1-12(14,10-8-6-5-7-9-10)11(13)15-16(2,3)4/h5-9,14H,1-4H3/t12-/m1/s1. The number of hydrogen-bond donors (Lipinski definition) is 1. The number of rotatable bonds is 3. The molecule has 1 N–H and O–H groups in total. The Kier molecular flexibility index (Phi) is 3.55. The molecule has 1 atom stereocenters. The SMILES string of the molecule is C[C@](O)(C(=O)O[Si](C)(C)C)c1ccccc1. The first-order valence-corrected chi connectivity index (χ1v) is 8.65. The molecule has 0 unspecified atom stereocenters. The molecule has 88 valence electrons. The Bertz CT molecular complexity index is 366. The van der Waals surface area contributed by atoms with Gasteiger partial charge in [0.25, 0.3) is 0 Å². The van der Waals surface area contributed by atoms with Crippen LogP contribution in [0.25, 0.3) is 0 Å². The smallest absolute Gasteiger partial charge is 0.329 e. The fourth-order valence-corrected chi connectivity index (χ4v) is 2.01. The van der Waals surface area contributed by atoms with Crippen LogP contribution >= 0.6 is 0 Å². The van der Waals surface area contributed by atoms with Crippen molar-refractivity contribution < 1.29 is 14.3 Å². The van der Waals surface area contributed by atoms with E-state index in [1.807, 2.05) is 25.7 Å². The third-order valence-electron chi connectivity index (χ3n) is 2.13. The second-order valence-corrected chi connectivity index (χ2v) is 9.37. The van der Waals surface area contributed by atoms with Gasteiger partial charge < -0.3 is 9.53 Å². The predicted molar refractivity (Wildman–Crippen MR) is 65.5 cm³/mol. The summed E-state index contributed by atoms with van der Waals surface area (Å²) in [6.45, 7) is 7.19. The Morgan fingerprint density at radius 2 is 1.75 bits per heavy atom. The summed E-state index contributed by atoms with van der Waals surface area (Å²) in [5, 5.41) is 10.2. The number of benzene rings is 1. The minimum absolute atomic E-state index is 0.554. The van der Waals surface area contributed by atoms with Crippen molar-refractivity contribution in [3.05, 3.63) is 35.9 Å². The highest BCUT2D eigenvalue weighted by atomic mass is 28.4. The predicted octanol–water partition coefficient (Wildman–Crippen LogP) is 2.27. The fraction of sp³-hybridized carbons (Fsp3) is 0.417. The largest absolute Gasteiger partial charge is 0.518 e. The van der Waals surface area contributed by atoms with Crippen molar-refractivity contribution in [2.24, 2.45) is 0 Å². The van der Waals surface area contributed by atoms with Gasteiger partial charge in [0.1, 0.15) is 0 Å². The van der Waals surface area contributed by atoms with Crippen LogP contribution in [0.4, 0.5) is 0 Å². The van der Waals surface area contributed by atoms with E-state index in [1.165, 1.54) is 6.92 Å². The molecule has 0 aliphatic carbocycles. The summed E-state index contributed by atoms with van der Waals surface area (Å²) in [6.07, 6.45) is 0. The first kappa shape index (κ1) is 12.9.